The molecule has 20 heavy (non-hydrogen) atoms. The number of hydrogen-bond donors (Lipinski definition) is 1. The van der Waals surface area contributed by atoms with E-state index < -0.39 is 0 Å². The van der Waals surface area contributed by atoms with E-state index in [0.717, 1.165) is 14.6 Å². The maximum atomic E-state index is 12.7. The number of rotatable bonds is 1. The molecule has 1 aromatic heterocycles. The number of benzene rings is 1. The van der Waals surface area contributed by atoms with Crippen molar-refractivity contribution in [3.8, 4) is 0 Å². The number of carbonyl (C=O) groups excluding carboxylic acids is 1. The van der Waals surface area contributed by atoms with Crippen LogP contribution in [-0.4, -0.2) is 36.6 Å². The molecule has 106 valence electrons. The van der Waals surface area contributed by atoms with Crippen molar-refractivity contribution in [2.75, 3.05) is 25.5 Å². The summed E-state index contributed by atoms with van der Waals surface area (Å²) in [6.45, 7) is 3.79. The Hall–Kier alpha value is -1.11. The van der Waals surface area contributed by atoms with Crippen molar-refractivity contribution in [2.45, 2.75) is 13.0 Å². The molecular formula is C14H15BrN2O2S. The van der Waals surface area contributed by atoms with Crippen molar-refractivity contribution in [3.05, 3.63) is 27.5 Å². The molecule has 1 fully saturated rings. The van der Waals surface area contributed by atoms with Crippen LogP contribution < -0.4 is 5.73 Å². The van der Waals surface area contributed by atoms with Gasteiger partial charge in [-0.15, -0.1) is 11.3 Å². The quantitative estimate of drug-likeness (QED) is 0.855. The fourth-order valence-corrected chi connectivity index (χ4v) is 3.83. The number of nitrogen functional groups attached to an aromatic ring is 1. The first kappa shape index (κ1) is 13.9. The molecule has 0 spiro atoms. The summed E-state index contributed by atoms with van der Waals surface area (Å²) in [6, 6.07) is 6.00. The number of nitrogens with zero attached hydrogens (tertiary/aromatic N) is 1. The molecule has 1 aliphatic rings. The molecule has 1 unspecified atom stereocenters. The number of anilines is 1. The van der Waals surface area contributed by atoms with Gasteiger partial charge in [0.2, 0.25) is 0 Å². The second-order valence-electron chi connectivity index (χ2n) is 4.91. The zero-order valence-corrected chi connectivity index (χ0v) is 13.5. The SMILES string of the molecule is CC1COCCN1C(=O)c1sc2ccc(Br)cc2c1N. The van der Waals surface area contributed by atoms with Crippen LogP contribution in [0.1, 0.15) is 16.6 Å². The van der Waals surface area contributed by atoms with Gasteiger partial charge in [0, 0.05) is 21.1 Å². The van der Waals surface area contributed by atoms with Crippen molar-refractivity contribution >= 4 is 48.9 Å². The van der Waals surface area contributed by atoms with Gasteiger partial charge in [0.25, 0.3) is 5.91 Å². The number of amides is 1. The van der Waals surface area contributed by atoms with Gasteiger partial charge in [-0.1, -0.05) is 15.9 Å². The van der Waals surface area contributed by atoms with Crippen LogP contribution in [0.3, 0.4) is 0 Å². The molecule has 4 nitrogen and oxygen atoms in total. The van der Waals surface area contributed by atoms with E-state index in [-0.39, 0.29) is 11.9 Å². The number of hydrogen-bond acceptors (Lipinski definition) is 4. The fourth-order valence-electron chi connectivity index (χ4n) is 2.41. The van der Waals surface area contributed by atoms with Crippen molar-refractivity contribution in [1.82, 2.24) is 4.90 Å². The molecule has 3 rings (SSSR count). The van der Waals surface area contributed by atoms with Crippen LogP contribution in [0.4, 0.5) is 5.69 Å². The molecule has 0 saturated carbocycles. The number of thiophene rings is 1. The number of fused-ring (bicyclic) bond motifs is 1. The average Bonchev–Trinajstić information content (AvgIpc) is 2.76. The smallest absolute Gasteiger partial charge is 0.266 e. The van der Waals surface area contributed by atoms with E-state index in [2.05, 4.69) is 15.9 Å². The Morgan fingerprint density at radius 1 is 1.55 bits per heavy atom. The van der Waals surface area contributed by atoms with Gasteiger partial charge in [-0.3, -0.25) is 4.79 Å². The summed E-state index contributed by atoms with van der Waals surface area (Å²) in [7, 11) is 0. The standard InChI is InChI=1S/C14H15BrN2O2S/c1-8-7-19-5-4-17(8)14(18)13-12(16)10-6-9(15)2-3-11(10)20-13/h2-3,6,8H,4-5,7,16H2,1H3. The predicted octanol–water partition coefficient (Wildman–Crippen LogP) is 3.11. The monoisotopic (exact) mass is 354 g/mol. The Balaban J connectivity index is 2.01. The summed E-state index contributed by atoms with van der Waals surface area (Å²) in [4.78, 5) is 15.2. The Morgan fingerprint density at radius 2 is 2.35 bits per heavy atom. The summed E-state index contributed by atoms with van der Waals surface area (Å²) in [5, 5.41) is 0.939. The third kappa shape index (κ3) is 2.32. The Labute approximate surface area is 129 Å². The molecule has 1 aliphatic heterocycles. The van der Waals surface area contributed by atoms with Crippen LogP contribution >= 0.6 is 27.3 Å². The Kier molecular flexibility index (Phi) is 3.70. The van der Waals surface area contributed by atoms with Gasteiger partial charge in [0.15, 0.2) is 0 Å². The van der Waals surface area contributed by atoms with Crippen molar-refractivity contribution < 1.29 is 9.53 Å². The van der Waals surface area contributed by atoms with Gasteiger partial charge in [-0.25, -0.2) is 0 Å². The van der Waals surface area contributed by atoms with E-state index in [1.807, 2.05) is 30.0 Å². The van der Waals surface area contributed by atoms with Gasteiger partial charge in [0.1, 0.15) is 4.88 Å². The minimum atomic E-state index is 0.00984. The maximum Gasteiger partial charge on any atom is 0.266 e. The van der Waals surface area contributed by atoms with Crippen LogP contribution in [-0.2, 0) is 4.74 Å². The highest BCUT2D eigenvalue weighted by molar-refractivity contribution is 9.10. The molecule has 1 saturated heterocycles. The number of ether oxygens (including phenoxy) is 1. The summed E-state index contributed by atoms with van der Waals surface area (Å²) in [5.41, 5.74) is 6.75. The van der Waals surface area contributed by atoms with Gasteiger partial charge >= 0.3 is 0 Å². The number of halogens is 1. The number of carbonyl (C=O) groups is 1. The van der Waals surface area contributed by atoms with Gasteiger partial charge in [0.05, 0.1) is 24.9 Å². The highest BCUT2D eigenvalue weighted by atomic mass is 79.9. The van der Waals surface area contributed by atoms with E-state index in [1.54, 1.807) is 0 Å². The first-order chi connectivity index (χ1) is 9.58. The second-order valence-corrected chi connectivity index (χ2v) is 6.88. The third-order valence-corrected chi connectivity index (χ3v) is 5.18. The van der Waals surface area contributed by atoms with Gasteiger partial charge < -0.3 is 15.4 Å². The highest BCUT2D eigenvalue weighted by Crippen LogP contribution is 2.36. The molecular weight excluding hydrogens is 340 g/mol. The summed E-state index contributed by atoms with van der Waals surface area (Å²) < 4.78 is 7.38. The average molecular weight is 355 g/mol. The van der Waals surface area contributed by atoms with Crippen LogP contribution in [0, 0.1) is 0 Å². The molecule has 1 aromatic carbocycles. The van der Waals surface area contributed by atoms with Crippen molar-refractivity contribution in [2.24, 2.45) is 0 Å². The lowest BCUT2D eigenvalue weighted by Crippen LogP contribution is -2.47. The van der Waals surface area contributed by atoms with Crippen LogP contribution in [0.5, 0.6) is 0 Å². The minimum Gasteiger partial charge on any atom is -0.397 e. The normalized spacial score (nSPS) is 19.5. The molecule has 0 aliphatic carbocycles. The third-order valence-electron chi connectivity index (χ3n) is 3.51. The van der Waals surface area contributed by atoms with Crippen molar-refractivity contribution in [3.63, 3.8) is 0 Å². The van der Waals surface area contributed by atoms with E-state index in [1.165, 1.54) is 11.3 Å². The number of morpholine rings is 1. The maximum absolute atomic E-state index is 12.7. The summed E-state index contributed by atoms with van der Waals surface area (Å²) in [6.07, 6.45) is 0. The lowest BCUT2D eigenvalue weighted by Gasteiger charge is -2.33. The molecule has 1 amide bonds. The molecule has 2 heterocycles. The first-order valence-corrected chi connectivity index (χ1v) is 8.05. The molecule has 2 N–H and O–H groups in total. The summed E-state index contributed by atoms with van der Waals surface area (Å²) in [5.74, 6) is 0.00984. The molecule has 2 aromatic rings. The van der Waals surface area contributed by atoms with Crippen molar-refractivity contribution in [1.29, 1.82) is 0 Å². The van der Waals surface area contributed by atoms with E-state index in [0.29, 0.717) is 30.3 Å². The molecule has 0 bridgehead atoms. The zero-order valence-electron chi connectivity index (χ0n) is 11.1. The van der Waals surface area contributed by atoms with Crippen LogP contribution in [0.25, 0.3) is 10.1 Å². The van der Waals surface area contributed by atoms with E-state index >= 15 is 0 Å². The van der Waals surface area contributed by atoms with Crippen LogP contribution in [0.2, 0.25) is 0 Å². The van der Waals surface area contributed by atoms with E-state index in [4.69, 9.17) is 10.5 Å². The molecule has 6 heteroatoms. The zero-order chi connectivity index (χ0) is 14.3. The van der Waals surface area contributed by atoms with Gasteiger partial charge in [-0.05, 0) is 25.1 Å². The second kappa shape index (κ2) is 5.35. The molecule has 0 radical (unpaired) electrons. The lowest BCUT2D eigenvalue weighted by molar-refractivity contribution is 0.00392. The Bertz CT molecular complexity index is 670. The van der Waals surface area contributed by atoms with Gasteiger partial charge in [-0.2, -0.15) is 0 Å². The summed E-state index contributed by atoms with van der Waals surface area (Å²) >= 11 is 4.89. The first-order valence-electron chi connectivity index (χ1n) is 6.44. The van der Waals surface area contributed by atoms with Crippen LogP contribution in [0.15, 0.2) is 22.7 Å². The predicted molar refractivity (Wildman–Crippen MR) is 85.3 cm³/mol. The number of nitrogens with two attached hydrogens (primary N) is 1. The minimum absolute atomic E-state index is 0.00984. The topological polar surface area (TPSA) is 55.6 Å². The Morgan fingerprint density at radius 3 is 3.10 bits per heavy atom. The fraction of sp³-hybridized carbons (Fsp3) is 0.357. The lowest BCUT2D eigenvalue weighted by atomic mass is 10.2. The molecule has 1 atom stereocenters. The largest absolute Gasteiger partial charge is 0.397 e. The highest BCUT2D eigenvalue weighted by Gasteiger charge is 2.28. The van der Waals surface area contributed by atoms with E-state index in [9.17, 15) is 4.79 Å².